The summed E-state index contributed by atoms with van der Waals surface area (Å²) in [5, 5.41) is 34.1. The molecule has 0 radical (unpaired) electrons. The first kappa shape index (κ1) is 17.9. The number of benzene rings is 1. The number of nitrogen functional groups attached to an aromatic ring is 1. The first-order valence-electron chi connectivity index (χ1n) is 6.50. The SMILES string of the molecule is N=C1C(=N)C(S(=O)(=O)c2ccc(N)cc2)=C(C(=O)O)C(C(=O)O)=C1N. The van der Waals surface area contributed by atoms with E-state index >= 15 is 0 Å². The highest BCUT2D eigenvalue weighted by atomic mass is 32.2. The summed E-state index contributed by atoms with van der Waals surface area (Å²) in [6.07, 6.45) is 0. The zero-order valence-corrected chi connectivity index (χ0v) is 13.2. The van der Waals surface area contributed by atoms with E-state index in [0.717, 1.165) is 12.1 Å². The largest absolute Gasteiger partial charge is 0.478 e. The van der Waals surface area contributed by atoms with Gasteiger partial charge in [-0.25, -0.2) is 18.0 Å². The maximum absolute atomic E-state index is 12.8. The van der Waals surface area contributed by atoms with E-state index in [1.54, 1.807) is 0 Å². The van der Waals surface area contributed by atoms with Crippen molar-refractivity contribution < 1.29 is 28.2 Å². The number of sulfone groups is 1. The number of hydrogen-bond donors (Lipinski definition) is 6. The van der Waals surface area contributed by atoms with Gasteiger partial charge in [-0.1, -0.05) is 0 Å². The molecule has 1 aromatic rings. The van der Waals surface area contributed by atoms with Gasteiger partial charge in [-0.2, -0.15) is 0 Å². The average molecular weight is 364 g/mol. The number of rotatable bonds is 4. The van der Waals surface area contributed by atoms with Gasteiger partial charge < -0.3 is 21.7 Å². The lowest BCUT2D eigenvalue weighted by molar-refractivity contribution is -0.136. The molecule has 10 nitrogen and oxygen atoms in total. The summed E-state index contributed by atoms with van der Waals surface area (Å²) in [5.74, 6) is -3.72. The highest BCUT2D eigenvalue weighted by Crippen LogP contribution is 2.32. The van der Waals surface area contributed by atoms with E-state index in [0.29, 0.717) is 0 Å². The average Bonchev–Trinajstić information content (AvgIpc) is 2.51. The van der Waals surface area contributed by atoms with Gasteiger partial charge in [-0.15, -0.1) is 0 Å². The van der Waals surface area contributed by atoms with Gasteiger partial charge in [0.15, 0.2) is 0 Å². The lowest BCUT2D eigenvalue weighted by Gasteiger charge is -2.21. The molecule has 0 bridgehead atoms. The molecule has 0 heterocycles. The van der Waals surface area contributed by atoms with Crippen molar-refractivity contribution in [2.24, 2.45) is 5.73 Å². The van der Waals surface area contributed by atoms with Crippen molar-refractivity contribution in [1.82, 2.24) is 0 Å². The molecule has 0 atom stereocenters. The molecule has 0 aromatic heterocycles. The highest BCUT2D eigenvalue weighted by Gasteiger charge is 2.41. The molecule has 0 fully saturated rings. The summed E-state index contributed by atoms with van der Waals surface area (Å²) in [5.41, 5.74) is 6.24. The second-order valence-corrected chi connectivity index (χ2v) is 6.81. The number of allylic oxidation sites excluding steroid dienone is 2. The highest BCUT2D eigenvalue weighted by molar-refractivity contribution is 7.96. The quantitative estimate of drug-likeness (QED) is 0.308. The topological polar surface area (TPSA) is 208 Å². The van der Waals surface area contributed by atoms with Gasteiger partial charge in [-0.05, 0) is 24.3 Å². The molecular weight excluding hydrogens is 352 g/mol. The van der Waals surface area contributed by atoms with Gasteiger partial charge in [0.25, 0.3) is 0 Å². The van der Waals surface area contributed by atoms with Crippen LogP contribution in [-0.4, -0.2) is 42.0 Å². The zero-order chi connectivity index (χ0) is 19.1. The zero-order valence-electron chi connectivity index (χ0n) is 12.4. The monoisotopic (exact) mass is 364 g/mol. The minimum atomic E-state index is -4.62. The van der Waals surface area contributed by atoms with Crippen LogP contribution in [0.25, 0.3) is 0 Å². The number of nitrogens with one attached hydrogen (secondary N) is 2. The molecule has 0 amide bonds. The molecule has 0 saturated heterocycles. The number of hydrogen-bond acceptors (Lipinski definition) is 8. The normalized spacial score (nSPS) is 15.5. The molecule has 2 rings (SSSR count). The number of aliphatic carboxylic acids is 2. The van der Waals surface area contributed by atoms with E-state index in [1.807, 2.05) is 0 Å². The number of carboxylic acid groups (broad SMARTS) is 2. The van der Waals surface area contributed by atoms with Crippen molar-refractivity contribution in [3.63, 3.8) is 0 Å². The van der Waals surface area contributed by atoms with Gasteiger partial charge in [-0.3, -0.25) is 10.8 Å². The maximum Gasteiger partial charge on any atom is 0.338 e. The second-order valence-electron chi connectivity index (χ2n) is 4.93. The lowest BCUT2D eigenvalue weighted by atomic mass is 9.92. The smallest absolute Gasteiger partial charge is 0.338 e. The fourth-order valence-electron chi connectivity index (χ4n) is 2.21. The molecule has 1 aromatic carbocycles. The molecule has 8 N–H and O–H groups in total. The molecule has 11 heteroatoms. The van der Waals surface area contributed by atoms with Gasteiger partial charge in [0.05, 0.1) is 16.2 Å². The van der Waals surface area contributed by atoms with Crippen molar-refractivity contribution in [1.29, 1.82) is 10.8 Å². The van der Waals surface area contributed by atoms with Gasteiger partial charge in [0.1, 0.15) is 21.9 Å². The number of carboxylic acids is 2. The van der Waals surface area contributed by atoms with Crippen molar-refractivity contribution >= 4 is 38.9 Å². The van der Waals surface area contributed by atoms with E-state index in [-0.39, 0.29) is 5.69 Å². The molecular formula is C14H12N4O6S. The van der Waals surface area contributed by atoms with E-state index in [1.165, 1.54) is 12.1 Å². The molecule has 1 aliphatic rings. The predicted molar refractivity (Wildman–Crippen MR) is 87.0 cm³/mol. The number of nitrogens with two attached hydrogens (primary N) is 2. The third kappa shape index (κ3) is 2.76. The van der Waals surface area contributed by atoms with Crippen molar-refractivity contribution in [3.8, 4) is 0 Å². The van der Waals surface area contributed by atoms with E-state index in [2.05, 4.69) is 0 Å². The van der Waals surface area contributed by atoms with Crippen LogP contribution < -0.4 is 11.5 Å². The summed E-state index contributed by atoms with van der Waals surface area (Å²) in [7, 11) is -4.62. The standard InChI is InChI=1S/C14H12N4O6S/c15-5-1-3-6(4-2-5)25(23,24)12-8(14(21)22)7(13(19)20)9(16)10(17)11(12)18/h1-4,17-18H,15-16H2,(H,19,20)(H,21,22). The van der Waals surface area contributed by atoms with E-state index < -0.39 is 59.8 Å². The molecule has 1 aliphatic carbocycles. The van der Waals surface area contributed by atoms with Gasteiger partial charge >= 0.3 is 11.9 Å². The third-order valence-electron chi connectivity index (χ3n) is 3.38. The Balaban J connectivity index is 2.93. The van der Waals surface area contributed by atoms with Crippen LogP contribution >= 0.6 is 0 Å². The van der Waals surface area contributed by atoms with Crippen LogP contribution in [0, 0.1) is 10.8 Å². The summed E-state index contributed by atoms with van der Waals surface area (Å²) < 4.78 is 25.6. The molecule has 130 valence electrons. The molecule has 0 spiro atoms. The first-order chi connectivity index (χ1) is 11.5. The summed E-state index contributed by atoms with van der Waals surface area (Å²) in [6.45, 7) is 0. The Labute approximate surface area is 141 Å². The molecule has 25 heavy (non-hydrogen) atoms. The molecule has 0 saturated carbocycles. The van der Waals surface area contributed by atoms with Crippen LogP contribution in [0.1, 0.15) is 0 Å². The Morgan fingerprint density at radius 1 is 0.880 bits per heavy atom. The minimum absolute atomic E-state index is 0.244. The van der Waals surface area contributed by atoms with Gasteiger partial charge in [0, 0.05) is 5.69 Å². The Hall–Kier alpha value is -3.47. The Morgan fingerprint density at radius 3 is 1.80 bits per heavy atom. The lowest BCUT2D eigenvalue weighted by Crippen LogP contribution is -2.36. The minimum Gasteiger partial charge on any atom is -0.478 e. The summed E-state index contributed by atoms with van der Waals surface area (Å²) in [6, 6.07) is 4.65. The summed E-state index contributed by atoms with van der Waals surface area (Å²) >= 11 is 0. The van der Waals surface area contributed by atoms with E-state index in [4.69, 9.17) is 22.3 Å². The van der Waals surface area contributed by atoms with E-state index in [9.17, 15) is 28.2 Å². The predicted octanol–water partition coefficient (Wildman–Crippen LogP) is -0.268. The molecule has 0 unspecified atom stereocenters. The fraction of sp³-hybridized carbons (Fsp3) is 0. The van der Waals surface area contributed by atoms with Crippen LogP contribution in [0.4, 0.5) is 5.69 Å². The van der Waals surface area contributed by atoms with Crippen LogP contribution in [0.3, 0.4) is 0 Å². The van der Waals surface area contributed by atoms with Gasteiger partial charge in [0.2, 0.25) is 9.84 Å². The van der Waals surface area contributed by atoms with Crippen LogP contribution in [-0.2, 0) is 19.4 Å². The Bertz CT molecular complexity index is 1000. The third-order valence-corrected chi connectivity index (χ3v) is 5.22. The van der Waals surface area contributed by atoms with Crippen LogP contribution in [0.5, 0.6) is 0 Å². The Kier molecular flexibility index (Phi) is 4.20. The maximum atomic E-state index is 12.8. The second kappa shape index (κ2) is 5.87. The first-order valence-corrected chi connectivity index (χ1v) is 7.98. The van der Waals surface area contributed by atoms with Crippen LogP contribution in [0.2, 0.25) is 0 Å². The van der Waals surface area contributed by atoms with Crippen molar-refractivity contribution in [2.75, 3.05) is 5.73 Å². The van der Waals surface area contributed by atoms with Crippen molar-refractivity contribution in [3.05, 3.63) is 46.0 Å². The molecule has 0 aliphatic heterocycles. The Morgan fingerprint density at radius 2 is 1.36 bits per heavy atom. The fourth-order valence-corrected chi connectivity index (χ4v) is 3.77. The number of anilines is 1. The van der Waals surface area contributed by atoms with Crippen molar-refractivity contribution in [2.45, 2.75) is 4.90 Å². The number of carbonyl (C=O) groups is 2. The summed E-state index contributed by atoms with van der Waals surface area (Å²) in [4.78, 5) is 21.4. The van der Waals surface area contributed by atoms with Crippen LogP contribution in [0.15, 0.2) is 50.9 Å².